The molecule has 7 nitrogen and oxygen atoms in total. The maximum absolute atomic E-state index is 11.5. The van der Waals surface area contributed by atoms with Crippen LogP contribution in [0.4, 0.5) is 11.4 Å². The molecular formula is C13H16N2O5. The first-order valence-electron chi connectivity index (χ1n) is 5.96. The molecule has 1 rings (SSSR count). The maximum atomic E-state index is 11.5. The molecule has 0 aromatic heterocycles. The number of anilines is 2. The molecule has 0 aliphatic heterocycles. The number of nitrogens with one attached hydrogen (secondary N) is 2. The van der Waals surface area contributed by atoms with Crippen LogP contribution in [0.1, 0.15) is 24.2 Å². The van der Waals surface area contributed by atoms with E-state index in [1.165, 1.54) is 25.1 Å². The number of benzene rings is 1. The van der Waals surface area contributed by atoms with Gasteiger partial charge in [-0.25, -0.2) is 4.79 Å². The van der Waals surface area contributed by atoms with Crippen LogP contribution in [0, 0.1) is 0 Å². The van der Waals surface area contributed by atoms with E-state index in [1.54, 1.807) is 6.92 Å². The quantitative estimate of drug-likeness (QED) is 0.729. The molecule has 0 saturated carbocycles. The van der Waals surface area contributed by atoms with Crippen molar-refractivity contribution in [2.24, 2.45) is 0 Å². The normalized spacial score (nSPS) is 9.90. The summed E-state index contributed by atoms with van der Waals surface area (Å²) in [7, 11) is 0. The van der Waals surface area contributed by atoms with Crippen molar-refractivity contribution in [2.45, 2.75) is 13.8 Å². The number of carboxylic acids is 1. The van der Waals surface area contributed by atoms with E-state index in [2.05, 4.69) is 10.6 Å². The number of carboxylic acid groups (broad SMARTS) is 1. The smallest absolute Gasteiger partial charge is 0.337 e. The van der Waals surface area contributed by atoms with Gasteiger partial charge >= 0.3 is 5.97 Å². The molecule has 1 aromatic rings. The van der Waals surface area contributed by atoms with E-state index in [0.717, 1.165) is 0 Å². The van der Waals surface area contributed by atoms with Crippen LogP contribution in [-0.2, 0) is 14.3 Å². The van der Waals surface area contributed by atoms with Gasteiger partial charge in [0.25, 0.3) is 0 Å². The third-order valence-electron chi connectivity index (χ3n) is 2.28. The number of aromatic carboxylic acids is 1. The Hall–Kier alpha value is -2.41. The van der Waals surface area contributed by atoms with Gasteiger partial charge in [-0.1, -0.05) is 0 Å². The van der Waals surface area contributed by atoms with Gasteiger partial charge in [-0.05, 0) is 25.1 Å². The molecule has 0 fully saturated rings. The minimum Gasteiger partial charge on any atom is -0.478 e. The highest BCUT2D eigenvalue weighted by Crippen LogP contribution is 2.20. The fraction of sp³-hybridized carbons (Fsp3) is 0.308. The van der Waals surface area contributed by atoms with Crippen molar-refractivity contribution in [3.8, 4) is 0 Å². The summed E-state index contributed by atoms with van der Waals surface area (Å²) in [5, 5.41) is 14.0. The lowest BCUT2D eigenvalue weighted by Gasteiger charge is -2.10. The number of hydrogen-bond donors (Lipinski definition) is 3. The molecule has 2 amide bonds. The Balaban J connectivity index is 2.92. The minimum atomic E-state index is -1.20. The second-order valence-electron chi connectivity index (χ2n) is 3.93. The van der Waals surface area contributed by atoms with Crippen molar-refractivity contribution in [3.63, 3.8) is 0 Å². The highest BCUT2D eigenvalue weighted by Gasteiger charge is 2.13. The van der Waals surface area contributed by atoms with Crippen molar-refractivity contribution in [3.05, 3.63) is 23.8 Å². The van der Waals surface area contributed by atoms with E-state index in [1.807, 2.05) is 0 Å². The SMILES string of the molecule is CCOCC(=O)Nc1ccc(NC(C)=O)cc1C(=O)O. The molecule has 7 heteroatoms. The summed E-state index contributed by atoms with van der Waals surface area (Å²) in [5.74, 6) is -1.96. The van der Waals surface area contributed by atoms with E-state index in [0.29, 0.717) is 12.3 Å². The predicted molar refractivity (Wildman–Crippen MR) is 72.8 cm³/mol. The van der Waals surface area contributed by atoms with Crippen LogP contribution in [0.5, 0.6) is 0 Å². The summed E-state index contributed by atoms with van der Waals surface area (Å²) in [6, 6.07) is 4.20. The standard InChI is InChI=1S/C13H16N2O5/c1-3-20-7-12(17)15-11-5-4-9(14-8(2)16)6-10(11)13(18)19/h4-6H,3,7H2,1-2H3,(H,14,16)(H,15,17)(H,18,19). The molecule has 0 radical (unpaired) electrons. The monoisotopic (exact) mass is 280 g/mol. The number of rotatable bonds is 6. The van der Waals surface area contributed by atoms with E-state index in [-0.39, 0.29) is 23.8 Å². The van der Waals surface area contributed by atoms with Crippen molar-refractivity contribution < 1.29 is 24.2 Å². The highest BCUT2D eigenvalue weighted by atomic mass is 16.5. The summed E-state index contributed by atoms with van der Waals surface area (Å²) >= 11 is 0. The zero-order valence-corrected chi connectivity index (χ0v) is 11.2. The molecule has 0 bridgehead atoms. The summed E-state index contributed by atoms with van der Waals surface area (Å²) in [4.78, 5) is 33.6. The van der Waals surface area contributed by atoms with Crippen LogP contribution >= 0.6 is 0 Å². The van der Waals surface area contributed by atoms with Gasteiger partial charge in [0, 0.05) is 19.2 Å². The van der Waals surface area contributed by atoms with Gasteiger partial charge in [0.05, 0.1) is 11.3 Å². The summed E-state index contributed by atoms with van der Waals surface area (Å²) in [6.45, 7) is 3.31. The van der Waals surface area contributed by atoms with Gasteiger partial charge in [0.2, 0.25) is 11.8 Å². The Labute approximate surface area is 115 Å². The van der Waals surface area contributed by atoms with Crippen molar-refractivity contribution >= 4 is 29.2 Å². The van der Waals surface area contributed by atoms with Gasteiger partial charge < -0.3 is 20.5 Å². The number of carbonyl (C=O) groups is 3. The van der Waals surface area contributed by atoms with Crippen molar-refractivity contribution in [1.29, 1.82) is 0 Å². The number of amides is 2. The summed E-state index contributed by atoms with van der Waals surface area (Å²) < 4.78 is 4.93. The lowest BCUT2D eigenvalue weighted by Crippen LogP contribution is -2.20. The van der Waals surface area contributed by atoms with Gasteiger partial charge in [0.1, 0.15) is 6.61 Å². The zero-order chi connectivity index (χ0) is 15.1. The van der Waals surface area contributed by atoms with Crippen LogP contribution < -0.4 is 10.6 Å². The molecule has 0 atom stereocenters. The second-order valence-corrected chi connectivity index (χ2v) is 3.93. The molecule has 0 aliphatic rings. The number of ether oxygens (including phenoxy) is 1. The molecular weight excluding hydrogens is 264 g/mol. The Bertz CT molecular complexity index is 527. The first-order chi connectivity index (χ1) is 9.43. The number of hydrogen-bond acceptors (Lipinski definition) is 4. The molecule has 0 spiro atoms. The lowest BCUT2D eigenvalue weighted by molar-refractivity contribution is -0.120. The Kier molecular flexibility index (Phi) is 5.67. The fourth-order valence-electron chi connectivity index (χ4n) is 1.49. The van der Waals surface area contributed by atoms with Gasteiger partial charge in [-0.3, -0.25) is 9.59 Å². The topological polar surface area (TPSA) is 105 Å². The van der Waals surface area contributed by atoms with E-state index < -0.39 is 11.9 Å². The third-order valence-corrected chi connectivity index (χ3v) is 2.28. The van der Waals surface area contributed by atoms with Crippen LogP contribution in [0.3, 0.4) is 0 Å². The van der Waals surface area contributed by atoms with Crippen molar-refractivity contribution in [1.82, 2.24) is 0 Å². The van der Waals surface area contributed by atoms with E-state index >= 15 is 0 Å². The fourth-order valence-corrected chi connectivity index (χ4v) is 1.49. The second kappa shape index (κ2) is 7.25. The van der Waals surface area contributed by atoms with Crippen molar-refractivity contribution in [2.75, 3.05) is 23.8 Å². The molecule has 0 unspecified atom stereocenters. The van der Waals surface area contributed by atoms with Crippen LogP contribution in [0.2, 0.25) is 0 Å². The van der Waals surface area contributed by atoms with E-state index in [4.69, 9.17) is 9.84 Å². The van der Waals surface area contributed by atoms with E-state index in [9.17, 15) is 14.4 Å². The first kappa shape index (κ1) is 15.6. The first-order valence-corrected chi connectivity index (χ1v) is 5.96. The Morgan fingerprint density at radius 1 is 1.25 bits per heavy atom. The summed E-state index contributed by atoms with van der Waals surface area (Å²) in [5.41, 5.74) is 0.384. The number of carbonyl (C=O) groups excluding carboxylic acids is 2. The Morgan fingerprint density at radius 3 is 2.50 bits per heavy atom. The van der Waals surface area contributed by atoms with Gasteiger partial charge in [-0.15, -0.1) is 0 Å². The largest absolute Gasteiger partial charge is 0.478 e. The minimum absolute atomic E-state index is 0.110. The average Bonchev–Trinajstić information content (AvgIpc) is 2.37. The molecule has 3 N–H and O–H groups in total. The van der Waals surface area contributed by atoms with Gasteiger partial charge in [0.15, 0.2) is 0 Å². The zero-order valence-electron chi connectivity index (χ0n) is 11.2. The molecule has 0 aliphatic carbocycles. The Morgan fingerprint density at radius 2 is 1.95 bits per heavy atom. The average molecular weight is 280 g/mol. The summed E-state index contributed by atoms with van der Waals surface area (Å²) in [6.07, 6.45) is 0. The highest BCUT2D eigenvalue weighted by molar-refractivity contribution is 6.02. The lowest BCUT2D eigenvalue weighted by atomic mass is 10.1. The molecule has 108 valence electrons. The van der Waals surface area contributed by atoms with Gasteiger partial charge in [-0.2, -0.15) is 0 Å². The molecule has 1 aromatic carbocycles. The molecule has 0 heterocycles. The van der Waals surface area contributed by atoms with Crippen LogP contribution in [0.15, 0.2) is 18.2 Å². The predicted octanol–water partition coefficient (Wildman–Crippen LogP) is 1.32. The van der Waals surface area contributed by atoms with Crippen LogP contribution in [0.25, 0.3) is 0 Å². The third kappa shape index (κ3) is 4.69. The molecule has 20 heavy (non-hydrogen) atoms. The molecule has 0 saturated heterocycles. The maximum Gasteiger partial charge on any atom is 0.337 e. The van der Waals surface area contributed by atoms with Crippen LogP contribution in [-0.4, -0.2) is 36.1 Å².